The van der Waals surface area contributed by atoms with E-state index in [9.17, 15) is 4.39 Å². The maximum Gasteiger partial charge on any atom is 0.125 e. The molecule has 0 aliphatic carbocycles. The van der Waals surface area contributed by atoms with Gasteiger partial charge in [0.05, 0.1) is 10.7 Å². The van der Waals surface area contributed by atoms with E-state index in [1.807, 2.05) is 0 Å². The Morgan fingerprint density at radius 2 is 2.05 bits per heavy atom. The Kier molecular flexibility index (Phi) is 5.02. The van der Waals surface area contributed by atoms with Crippen LogP contribution in [-0.4, -0.2) is 11.5 Å². The van der Waals surface area contributed by atoms with Gasteiger partial charge in [-0.25, -0.2) is 9.37 Å². The Hall–Kier alpha value is -0.970. The lowest BCUT2D eigenvalue weighted by molar-refractivity contribution is 0.561. The summed E-state index contributed by atoms with van der Waals surface area (Å²) >= 11 is 7.77. The molecule has 0 unspecified atom stereocenters. The molecule has 5 heteroatoms. The minimum Gasteiger partial charge on any atom is -0.312 e. The maximum atomic E-state index is 13.2. The second kappa shape index (κ2) is 6.42. The van der Waals surface area contributed by atoms with Crippen molar-refractivity contribution in [1.29, 1.82) is 0 Å². The molecule has 1 N–H and O–H groups in total. The number of rotatable bonds is 4. The Bertz CT molecular complexity index is 632. The number of halogens is 2. The molecule has 2 rings (SSSR count). The van der Waals surface area contributed by atoms with Crippen LogP contribution in [0.2, 0.25) is 5.02 Å². The smallest absolute Gasteiger partial charge is 0.125 e. The summed E-state index contributed by atoms with van der Waals surface area (Å²) in [4.78, 5) is 5.97. The van der Waals surface area contributed by atoms with Gasteiger partial charge in [-0.1, -0.05) is 39.3 Å². The fraction of sp³-hybridized carbons (Fsp3) is 0.438. The lowest BCUT2D eigenvalue weighted by atomic mass is 9.91. The standard InChI is InChI=1S/C16H20ClFN2S/c1-5-19-9-13-14(16(2,3)4)20-15(21-13)11-7-6-10(18)8-12(11)17/h6-8,19H,5,9H2,1-4H3. The summed E-state index contributed by atoms with van der Waals surface area (Å²) in [6, 6.07) is 4.45. The van der Waals surface area contributed by atoms with Gasteiger partial charge in [0.25, 0.3) is 0 Å². The normalized spacial score (nSPS) is 11.9. The largest absolute Gasteiger partial charge is 0.312 e. The van der Waals surface area contributed by atoms with Crippen LogP contribution in [-0.2, 0) is 12.0 Å². The minimum absolute atomic E-state index is 0.0357. The van der Waals surface area contributed by atoms with Crippen molar-refractivity contribution in [2.75, 3.05) is 6.54 Å². The van der Waals surface area contributed by atoms with Crippen LogP contribution in [0.15, 0.2) is 18.2 Å². The third-order valence-electron chi connectivity index (χ3n) is 3.10. The molecule has 0 atom stereocenters. The summed E-state index contributed by atoms with van der Waals surface area (Å²) in [5.74, 6) is -0.329. The first-order valence-electron chi connectivity index (χ1n) is 6.99. The van der Waals surface area contributed by atoms with E-state index < -0.39 is 0 Å². The molecule has 0 bridgehead atoms. The van der Waals surface area contributed by atoms with E-state index in [4.69, 9.17) is 16.6 Å². The lowest BCUT2D eigenvalue weighted by Gasteiger charge is -2.17. The topological polar surface area (TPSA) is 24.9 Å². The monoisotopic (exact) mass is 326 g/mol. The van der Waals surface area contributed by atoms with Crippen molar-refractivity contribution in [3.8, 4) is 10.6 Å². The van der Waals surface area contributed by atoms with Crippen LogP contribution in [0.1, 0.15) is 38.3 Å². The fourth-order valence-electron chi connectivity index (χ4n) is 2.07. The van der Waals surface area contributed by atoms with Crippen LogP contribution in [0.5, 0.6) is 0 Å². The van der Waals surface area contributed by atoms with Crippen LogP contribution < -0.4 is 5.32 Å². The van der Waals surface area contributed by atoms with E-state index in [1.54, 1.807) is 17.4 Å². The molecule has 114 valence electrons. The first-order valence-corrected chi connectivity index (χ1v) is 8.18. The third kappa shape index (κ3) is 3.82. The highest BCUT2D eigenvalue weighted by Crippen LogP contribution is 2.37. The molecule has 0 spiro atoms. The molecule has 0 fully saturated rings. The Labute approximate surface area is 134 Å². The van der Waals surface area contributed by atoms with Crippen LogP contribution in [0.3, 0.4) is 0 Å². The highest BCUT2D eigenvalue weighted by molar-refractivity contribution is 7.15. The van der Waals surface area contributed by atoms with Crippen molar-refractivity contribution >= 4 is 22.9 Å². The number of benzene rings is 1. The van der Waals surface area contributed by atoms with Gasteiger partial charge in [0.15, 0.2) is 0 Å². The minimum atomic E-state index is -0.329. The van der Waals surface area contributed by atoms with E-state index in [0.717, 1.165) is 29.4 Å². The van der Waals surface area contributed by atoms with Gasteiger partial charge in [0.1, 0.15) is 10.8 Å². The number of thiazole rings is 1. The van der Waals surface area contributed by atoms with Gasteiger partial charge in [-0.05, 0) is 24.7 Å². The van der Waals surface area contributed by atoms with Crippen molar-refractivity contribution in [1.82, 2.24) is 10.3 Å². The molecule has 2 nitrogen and oxygen atoms in total. The van der Waals surface area contributed by atoms with Gasteiger partial charge in [-0.2, -0.15) is 0 Å². The van der Waals surface area contributed by atoms with Crippen molar-refractivity contribution < 1.29 is 4.39 Å². The number of aromatic nitrogens is 1. The second-order valence-corrected chi connectivity index (χ2v) is 7.44. The first kappa shape index (κ1) is 16.4. The molecule has 0 amide bonds. The molecule has 0 radical (unpaired) electrons. The first-order chi connectivity index (χ1) is 9.82. The molecule has 0 aliphatic rings. The Balaban J connectivity index is 2.47. The predicted octanol–water partition coefficient (Wildman–Crippen LogP) is 5.01. The zero-order valence-corrected chi connectivity index (χ0v) is 14.3. The maximum absolute atomic E-state index is 13.2. The molecule has 0 aliphatic heterocycles. The zero-order chi connectivity index (χ0) is 15.6. The summed E-state index contributed by atoms with van der Waals surface area (Å²) in [7, 11) is 0. The van der Waals surface area contributed by atoms with E-state index in [-0.39, 0.29) is 11.2 Å². The lowest BCUT2D eigenvalue weighted by Crippen LogP contribution is -2.18. The summed E-state index contributed by atoms with van der Waals surface area (Å²) < 4.78 is 13.2. The van der Waals surface area contributed by atoms with Gasteiger partial charge in [-0.3, -0.25) is 0 Å². The Morgan fingerprint density at radius 1 is 1.33 bits per heavy atom. The zero-order valence-electron chi connectivity index (χ0n) is 12.8. The van der Waals surface area contributed by atoms with Crippen molar-refractivity contribution in [3.05, 3.63) is 39.6 Å². The summed E-state index contributed by atoms with van der Waals surface area (Å²) in [5.41, 5.74) is 1.83. The molecule has 2 aromatic rings. The van der Waals surface area contributed by atoms with Gasteiger partial charge >= 0.3 is 0 Å². The van der Waals surface area contributed by atoms with Crippen molar-refractivity contribution in [2.24, 2.45) is 0 Å². The summed E-state index contributed by atoms with van der Waals surface area (Å²) in [5, 5.41) is 4.59. The van der Waals surface area contributed by atoms with Gasteiger partial charge in [0.2, 0.25) is 0 Å². The molecular weight excluding hydrogens is 307 g/mol. The molecular formula is C16H20ClFN2S. The van der Waals surface area contributed by atoms with Crippen molar-refractivity contribution in [3.63, 3.8) is 0 Å². The number of nitrogens with zero attached hydrogens (tertiary/aromatic N) is 1. The van der Waals surface area contributed by atoms with E-state index in [1.165, 1.54) is 17.0 Å². The molecule has 1 aromatic heterocycles. The van der Waals surface area contributed by atoms with E-state index >= 15 is 0 Å². The quantitative estimate of drug-likeness (QED) is 0.854. The van der Waals surface area contributed by atoms with Crippen LogP contribution in [0.4, 0.5) is 4.39 Å². The SMILES string of the molecule is CCNCc1sc(-c2ccc(F)cc2Cl)nc1C(C)(C)C. The fourth-order valence-corrected chi connectivity index (χ4v) is 3.67. The van der Waals surface area contributed by atoms with Crippen LogP contribution >= 0.6 is 22.9 Å². The van der Waals surface area contributed by atoms with Crippen molar-refractivity contribution in [2.45, 2.75) is 39.7 Å². The van der Waals surface area contributed by atoms with E-state index in [0.29, 0.717) is 5.02 Å². The average Bonchev–Trinajstić information content (AvgIpc) is 2.80. The van der Waals surface area contributed by atoms with E-state index in [2.05, 4.69) is 33.0 Å². The van der Waals surface area contributed by atoms with Gasteiger partial charge < -0.3 is 5.32 Å². The molecule has 21 heavy (non-hydrogen) atoms. The number of hydrogen-bond acceptors (Lipinski definition) is 3. The molecule has 0 saturated carbocycles. The molecule has 1 aromatic carbocycles. The summed E-state index contributed by atoms with van der Waals surface area (Å²) in [6.45, 7) is 10.2. The van der Waals surface area contributed by atoms with Gasteiger partial charge in [0, 0.05) is 22.4 Å². The molecule has 0 saturated heterocycles. The third-order valence-corrected chi connectivity index (χ3v) is 4.51. The number of hydrogen-bond donors (Lipinski definition) is 1. The number of nitrogens with one attached hydrogen (secondary N) is 1. The second-order valence-electron chi connectivity index (χ2n) is 5.95. The highest BCUT2D eigenvalue weighted by Gasteiger charge is 2.24. The van der Waals surface area contributed by atoms with Crippen LogP contribution in [0, 0.1) is 5.82 Å². The molecule has 1 heterocycles. The van der Waals surface area contributed by atoms with Gasteiger partial charge in [-0.15, -0.1) is 11.3 Å². The Morgan fingerprint density at radius 3 is 2.62 bits per heavy atom. The average molecular weight is 327 g/mol. The summed E-state index contributed by atoms with van der Waals surface area (Å²) in [6.07, 6.45) is 0. The highest BCUT2D eigenvalue weighted by atomic mass is 35.5. The predicted molar refractivity (Wildman–Crippen MR) is 88.6 cm³/mol. The van der Waals surface area contributed by atoms with Crippen LogP contribution in [0.25, 0.3) is 10.6 Å².